The molecule has 0 aromatic carbocycles. The van der Waals surface area contributed by atoms with Crippen molar-refractivity contribution < 1.29 is 9.90 Å². The molecule has 1 heterocycles. The highest BCUT2D eigenvalue weighted by atomic mass is 16.4. The molecule has 1 atom stereocenters. The van der Waals surface area contributed by atoms with Crippen molar-refractivity contribution in [2.45, 2.75) is 116 Å². The smallest absolute Gasteiger partial charge is 0.320 e. The van der Waals surface area contributed by atoms with E-state index < -0.39 is 5.97 Å². The molecule has 1 fully saturated rings. The fourth-order valence-electron chi connectivity index (χ4n) is 3.87. The lowest BCUT2D eigenvalue weighted by molar-refractivity contribution is -0.144. The molecule has 3 nitrogen and oxygen atoms in total. The fraction of sp³-hybridized carbons (Fsp3) is 0.952. The lowest BCUT2D eigenvalue weighted by Crippen LogP contribution is -2.44. The van der Waals surface area contributed by atoms with Gasteiger partial charge in [-0.1, -0.05) is 90.4 Å². The molecule has 1 saturated heterocycles. The van der Waals surface area contributed by atoms with Crippen LogP contribution in [0.25, 0.3) is 0 Å². The molecule has 0 aromatic heterocycles. The van der Waals surface area contributed by atoms with Gasteiger partial charge in [0.25, 0.3) is 0 Å². The van der Waals surface area contributed by atoms with Gasteiger partial charge >= 0.3 is 5.97 Å². The highest BCUT2D eigenvalue weighted by Crippen LogP contribution is 2.18. The standard InChI is InChI=1S/C21H41NO2/c1-2-3-4-5-6-7-8-9-10-11-12-14-17-20(21(23)24)22-18-15-13-16-19-22/h20H,2-19H2,1H3,(H,23,24). The largest absolute Gasteiger partial charge is 0.480 e. The van der Waals surface area contributed by atoms with Gasteiger partial charge in [-0.15, -0.1) is 0 Å². The minimum Gasteiger partial charge on any atom is -0.480 e. The van der Waals surface area contributed by atoms with Gasteiger partial charge in [0.2, 0.25) is 0 Å². The van der Waals surface area contributed by atoms with Crippen LogP contribution >= 0.6 is 0 Å². The average Bonchev–Trinajstić information content (AvgIpc) is 2.59. The van der Waals surface area contributed by atoms with Gasteiger partial charge in [-0.25, -0.2) is 0 Å². The van der Waals surface area contributed by atoms with Crippen LogP contribution in [0.3, 0.4) is 0 Å². The lowest BCUT2D eigenvalue weighted by atomic mass is 10.0. The average molecular weight is 340 g/mol. The van der Waals surface area contributed by atoms with Crippen LogP contribution in [0.1, 0.15) is 110 Å². The van der Waals surface area contributed by atoms with E-state index in [1.807, 2.05) is 0 Å². The number of unbranched alkanes of at least 4 members (excludes halogenated alkanes) is 11. The molecular weight excluding hydrogens is 298 g/mol. The number of rotatable bonds is 15. The Hall–Kier alpha value is -0.570. The number of aliphatic carboxylic acids is 1. The number of carbonyl (C=O) groups is 1. The minimum absolute atomic E-state index is 0.228. The highest BCUT2D eigenvalue weighted by molar-refractivity contribution is 5.73. The van der Waals surface area contributed by atoms with Crippen LogP contribution in [-0.4, -0.2) is 35.1 Å². The Morgan fingerprint density at radius 3 is 1.71 bits per heavy atom. The van der Waals surface area contributed by atoms with Crippen molar-refractivity contribution in [3.8, 4) is 0 Å². The second-order valence-electron chi connectivity index (χ2n) is 7.63. The summed E-state index contributed by atoms with van der Waals surface area (Å²) in [6.45, 7) is 4.23. The molecule has 1 aliphatic heterocycles. The molecule has 1 N–H and O–H groups in total. The summed E-state index contributed by atoms with van der Waals surface area (Å²) >= 11 is 0. The van der Waals surface area contributed by atoms with Crippen LogP contribution in [0.2, 0.25) is 0 Å². The SMILES string of the molecule is CCCCCCCCCCCCCCC(C(=O)O)N1CCCCC1. The number of hydrogen-bond donors (Lipinski definition) is 1. The molecule has 1 unspecified atom stereocenters. The fourth-order valence-corrected chi connectivity index (χ4v) is 3.87. The summed E-state index contributed by atoms with van der Waals surface area (Å²) in [4.78, 5) is 13.7. The summed E-state index contributed by atoms with van der Waals surface area (Å²) in [6, 6.07) is -0.228. The molecule has 0 radical (unpaired) electrons. The Morgan fingerprint density at radius 1 is 0.792 bits per heavy atom. The summed E-state index contributed by atoms with van der Waals surface area (Å²) < 4.78 is 0. The van der Waals surface area contributed by atoms with Crippen LogP contribution in [0, 0.1) is 0 Å². The first-order chi connectivity index (χ1) is 11.8. The number of likely N-dealkylation sites (tertiary alicyclic amines) is 1. The summed E-state index contributed by atoms with van der Waals surface area (Å²) in [5.74, 6) is -0.611. The number of carboxylic acid groups (broad SMARTS) is 1. The van der Waals surface area contributed by atoms with Crippen molar-refractivity contribution in [3.63, 3.8) is 0 Å². The normalized spacial score (nSPS) is 17.0. The summed E-state index contributed by atoms with van der Waals surface area (Å²) in [5, 5.41) is 9.46. The zero-order valence-electron chi connectivity index (χ0n) is 16.1. The summed E-state index contributed by atoms with van der Waals surface area (Å²) in [6.07, 6.45) is 20.5. The molecule has 142 valence electrons. The molecule has 1 rings (SSSR count). The van der Waals surface area contributed by atoms with Gasteiger partial charge in [0, 0.05) is 0 Å². The van der Waals surface area contributed by atoms with Crippen molar-refractivity contribution in [1.29, 1.82) is 0 Å². The van der Waals surface area contributed by atoms with Gasteiger partial charge in [-0.2, -0.15) is 0 Å². The molecule has 0 aromatic rings. The number of carboxylic acids is 1. The van der Waals surface area contributed by atoms with E-state index in [1.54, 1.807) is 0 Å². The Labute approximate surface area is 150 Å². The molecular formula is C21H41NO2. The van der Waals surface area contributed by atoms with Crippen molar-refractivity contribution in [3.05, 3.63) is 0 Å². The van der Waals surface area contributed by atoms with E-state index >= 15 is 0 Å². The molecule has 24 heavy (non-hydrogen) atoms. The third-order valence-electron chi connectivity index (χ3n) is 5.45. The maximum absolute atomic E-state index is 11.5. The molecule has 3 heteroatoms. The Morgan fingerprint density at radius 2 is 1.25 bits per heavy atom. The van der Waals surface area contributed by atoms with E-state index in [9.17, 15) is 9.90 Å². The van der Waals surface area contributed by atoms with E-state index in [-0.39, 0.29) is 6.04 Å². The Bertz CT molecular complexity index is 300. The minimum atomic E-state index is -0.611. The molecule has 0 saturated carbocycles. The van der Waals surface area contributed by atoms with Crippen LogP contribution in [0.4, 0.5) is 0 Å². The summed E-state index contributed by atoms with van der Waals surface area (Å²) in [5.41, 5.74) is 0. The number of piperidine rings is 1. The number of hydrogen-bond acceptors (Lipinski definition) is 2. The molecule has 0 spiro atoms. The zero-order chi connectivity index (χ0) is 17.5. The number of nitrogens with zero attached hydrogens (tertiary/aromatic N) is 1. The van der Waals surface area contributed by atoms with Gasteiger partial charge in [-0.05, 0) is 32.4 Å². The van der Waals surface area contributed by atoms with E-state index in [4.69, 9.17) is 0 Å². The van der Waals surface area contributed by atoms with Gasteiger partial charge in [0.05, 0.1) is 0 Å². The van der Waals surface area contributed by atoms with Crippen molar-refractivity contribution in [2.24, 2.45) is 0 Å². The van der Waals surface area contributed by atoms with Crippen molar-refractivity contribution in [1.82, 2.24) is 4.90 Å². The van der Waals surface area contributed by atoms with E-state index in [2.05, 4.69) is 11.8 Å². The first kappa shape index (κ1) is 21.5. The van der Waals surface area contributed by atoms with E-state index in [1.165, 1.54) is 89.9 Å². The van der Waals surface area contributed by atoms with Crippen LogP contribution in [0.5, 0.6) is 0 Å². The topological polar surface area (TPSA) is 40.5 Å². The van der Waals surface area contributed by atoms with E-state index in [0.29, 0.717) is 0 Å². The lowest BCUT2D eigenvalue weighted by Gasteiger charge is -2.32. The Balaban J connectivity index is 1.93. The maximum Gasteiger partial charge on any atom is 0.320 e. The zero-order valence-corrected chi connectivity index (χ0v) is 16.1. The first-order valence-electron chi connectivity index (χ1n) is 10.7. The van der Waals surface area contributed by atoms with Gasteiger partial charge in [-0.3, -0.25) is 9.69 Å². The quantitative estimate of drug-likeness (QED) is 0.371. The predicted molar refractivity (Wildman–Crippen MR) is 103 cm³/mol. The highest BCUT2D eigenvalue weighted by Gasteiger charge is 2.25. The second-order valence-corrected chi connectivity index (χ2v) is 7.63. The third kappa shape index (κ3) is 10.3. The van der Waals surface area contributed by atoms with Gasteiger partial charge in [0.15, 0.2) is 0 Å². The molecule has 0 aliphatic carbocycles. The maximum atomic E-state index is 11.5. The molecule has 1 aliphatic rings. The van der Waals surface area contributed by atoms with Crippen molar-refractivity contribution >= 4 is 5.97 Å². The van der Waals surface area contributed by atoms with Crippen LogP contribution in [-0.2, 0) is 4.79 Å². The molecule has 0 amide bonds. The predicted octanol–water partition coefficient (Wildman–Crippen LogP) is 6.02. The molecule has 0 bridgehead atoms. The third-order valence-corrected chi connectivity index (χ3v) is 5.45. The monoisotopic (exact) mass is 339 g/mol. The van der Waals surface area contributed by atoms with E-state index in [0.717, 1.165) is 25.9 Å². The van der Waals surface area contributed by atoms with Crippen molar-refractivity contribution in [2.75, 3.05) is 13.1 Å². The van der Waals surface area contributed by atoms with Crippen LogP contribution in [0.15, 0.2) is 0 Å². The van der Waals surface area contributed by atoms with Crippen LogP contribution < -0.4 is 0 Å². The van der Waals surface area contributed by atoms with Gasteiger partial charge < -0.3 is 5.11 Å². The Kier molecular flexibility index (Phi) is 13.2. The van der Waals surface area contributed by atoms with Gasteiger partial charge in [0.1, 0.15) is 6.04 Å². The second kappa shape index (κ2) is 14.7. The summed E-state index contributed by atoms with van der Waals surface area (Å²) in [7, 11) is 0. The first-order valence-corrected chi connectivity index (χ1v) is 10.7.